The SMILES string of the molecule is Cc1cc(C(=O)N[C@H]2CCCN(C(=O)C(C)C)C2)cc(C)n1. The van der Waals surface area contributed by atoms with Crippen LogP contribution < -0.4 is 5.32 Å². The maximum atomic E-state index is 12.4. The lowest BCUT2D eigenvalue weighted by molar-refractivity contribution is -0.135. The Labute approximate surface area is 132 Å². The molecule has 2 heterocycles. The number of hydrogen-bond donors (Lipinski definition) is 1. The number of carbonyl (C=O) groups excluding carboxylic acids is 2. The standard InChI is InChI=1S/C17H25N3O2/c1-11(2)17(22)20-7-5-6-15(10-20)19-16(21)14-8-12(3)18-13(4)9-14/h8-9,11,15H,5-7,10H2,1-4H3,(H,19,21)/t15-/m0/s1. The number of aryl methyl sites for hydroxylation is 2. The summed E-state index contributed by atoms with van der Waals surface area (Å²) in [5.41, 5.74) is 2.31. The van der Waals surface area contributed by atoms with E-state index in [4.69, 9.17) is 0 Å². The first-order valence-electron chi connectivity index (χ1n) is 7.91. The second-order valence-electron chi connectivity index (χ2n) is 6.39. The highest BCUT2D eigenvalue weighted by Crippen LogP contribution is 2.14. The highest BCUT2D eigenvalue weighted by atomic mass is 16.2. The topological polar surface area (TPSA) is 62.3 Å². The van der Waals surface area contributed by atoms with Crippen molar-refractivity contribution in [1.29, 1.82) is 0 Å². The lowest BCUT2D eigenvalue weighted by atomic mass is 10.0. The summed E-state index contributed by atoms with van der Waals surface area (Å²) in [7, 11) is 0. The second kappa shape index (κ2) is 6.90. The molecule has 1 fully saturated rings. The van der Waals surface area contributed by atoms with E-state index in [1.807, 2.05) is 32.6 Å². The first-order valence-corrected chi connectivity index (χ1v) is 7.91. The van der Waals surface area contributed by atoms with Crippen LogP contribution in [0.2, 0.25) is 0 Å². The second-order valence-corrected chi connectivity index (χ2v) is 6.39. The van der Waals surface area contributed by atoms with Gasteiger partial charge in [0.25, 0.3) is 5.91 Å². The molecule has 1 atom stereocenters. The molecular formula is C17H25N3O2. The number of likely N-dealkylation sites (tertiary alicyclic amines) is 1. The summed E-state index contributed by atoms with van der Waals surface area (Å²) in [4.78, 5) is 30.6. The lowest BCUT2D eigenvalue weighted by Gasteiger charge is -2.34. The average Bonchev–Trinajstić information content (AvgIpc) is 2.45. The highest BCUT2D eigenvalue weighted by molar-refractivity contribution is 5.94. The number of rotatable bonds is 3. The van der Waals surface area contributed by atoms with Crippen LogP contribution in [0.4, 0.5) is 0 Å². The van der Waals surface area contributed by atoms with Crippen molar-refractivity contribution in [2.24, 2.45) is 5.92 Å². The van der Waals surface area contributed by atoms with Crippen molar-refractivity contribution in [1.82, 2.24) is 15.2 Å². The molecule has 22 heavy (non-hydrogen) atoms. The van der Waals surface area contributed by atoms with Gasteiger partial charge in [-0.1, -0.05) is 13.8 Å². The third-order valence-corrected chi connectivity index (χ3v) is 3.91. The van der Waals surface area contributed by atoms with Gasteiger partial charge in [0.15, 0.2) is 0 Å². The fourth-order valence-electron chi connectivity index (χ4n) is 2.89. The minimum absolute atomic E-state index is 0.0000478. The maximum Gasteiger partial charge on any atom is 0.251 e. The fourth-order valence-corrected chi connectivity index (χ4v) is 2.89. The van der Waals surface area contributed by atoms with E-state index >= 15 is 0 Å². The molecule has 0 spiro atoms. The Bertz CT molecular complexity index is 549. The minimum atomic E-state index is -0.0857. The van der Waals surface area contributed by atoms with Gasteiger partial charge in [-0.15, -0.1) is 0 Å². The van der Waals surface area contributed by atoms with Gasteiger partial charge in [-0.3, -0.25) is 14.6 Å². The van der Waals surface area contributed by atoms with Crippen molar-refractivity contribution < 1.29 is 9.59 Å². The van der Waals surface area contributed by atoms with Gasteiger partial charge in [-0.05, 0) is 38.8 Å². The number of pyridine rings is 1. The number of piperidine rings is 1. The van der Waals surface area contributed by atoms with Crippen LogP contribution in [-0.2, 0) is 4.79 Å². The molecule has 120 valence electrons. The Kier molecular flexibility index (Phi) is 5.16. The Morgan fingerprint density at radius 3 is 2.50 bits per heavy atom. The van der Waals surface area contributed by atoms with Crippen molar-refractivity contribution in [2.45, 2.75) is 46.6 Å². The Balaban J connectivity index is 2.00. The van der Waals surface area contributed by atoms with Gasteiger partial charge in [0.05, 0.1) is 0 Å². The molecule has 0 bridgehead atoms. The van der Waals surface area contributed by atoms with Crippen LogP contribution in [0.3, 0.4) is 0 Å². The van der Waals surface area contributed by atoms with Gasteiger partial charge in [-0.2, -0.15) is 0 Å². The van der Waals surface area contributed by atoms with E-state index in [0.29, 0.717) is 12.1 Å². The number of hydrogen-bond acceptors (Lipinski definition) is 3. The molecule has 0 saturated carbocycles. The van der Waals surface area contributed by atoms with Gasteiger partial charge in [0.2, 0.25) is 5.91 Å². The normalized spacial score (nSPS) is 18.4. The first kappa shape index (κ1) is 16.5. The van der Waals surface area contributed by atoms with Crippen LogP contribution >= 0.6 is 0 Å². The zero-order valence-electron chi connectivity index (χ0n) is 13.8. The summed E-state index contributed by atoms with van der Waals surface area (Å²) in [5, 5.41) is 3.05. The van der Waals surface area contributed by atoms with Crippen molar-refractivity contribution in [3.05, 3.63) is 29.1 Å². The molecule has 2 rings (SSSR count). The summed E-state index contributed by atoms with van der Waals surface area (Å²) in [6, 6.07) is 3.61. The van der Waals surface area contributed by atoms with Crippen molar-refractivity contribution in [2.75, 3.05) is 13.1 Å². The van der Waals surface area contributed by atoms with Crippen LogP contribution in [0.15, 0.2) is 12.1 Å². The number of aromatic nitrogens is 1. The summed E-state index contributed by atoms with van der Waals surface area (Å²) in [5.74, 6) is 0.0759. The molecule has 1 saturated heterocycles. The largest absolute Gasteiger partial charge is 0.348 e. The van der Waals surface area contributed by atoms with Gasteiger partial charge in [0.1, 0.15) is 0 Å². The van der Waals surface area contributed by atoms with Gasteiger partial charge in [0, 0.05) is 42.0 Å². The van der Waals surface area contributed by atoms with E-state index in [1.165, 1.54) is 0 Å². The van der Waals surface area contributed by atoms with Gasteiger partial charge < -0.3 is 10.2 Å². The minimum Gasteiger partial charge on any atom is -0.348 e. The van der Waals surface area contributed by atoms with Gasteiger partial charge >= 0.3 is 0 Å². The fraction of sp³-hybridized carbons (Fsp3) is 0.588. The first-order chi connectivity index (χ1) is 10.4. The Morgan fingerprint density at radius 2 is 1.91 bits per heavy atom. The molecule has 2 amide bonds. The number of nitrogens with zero attached hydrogens (tertiary/aromatic N) is 2. The van der Waals surface area contributed by atoms with Crippen LogP contribution in [-0.4, -0.2) is 40.8 Å². The van der Waals surface area contributed by atoms with E-state index < -0.39 is 0 Å². The van der Waals surface area contributed by atoms with Crippen molar-refractivity contribution >= 4 is 11.8 Å². The molecule has 1 aliphatic rings. The highest BCUT2D eigenvalue weighted by Gasteiger charge is 2.26. The molecule has 5 heteroatoms. The number of nitrogens with one attached hydrogen (secondary N) is 1. The molecule has 1 N–H and O–H groups in total. The van der Waals surface area contributed by atoms with E-state index in [0.717, 1.165) is 30.8 Å². The van der Waals surface area contributed by atoms with Crippen LogP contribution in [0.25, 0.3) is 0 Å². The zero-order valence-corrected chi connectivity index (χ0v) is 13.8. The van der Waals surface area contributed by atoms with Crippen molar-refractivity contribution in [3.63, 3.8) is 0 Å². The van der Waals surface area contributed by atoms with E-state index in [2.05, 4.69) is 10.3 Å². The summed E-state index contributed by atoms with van der Waals surface area (Å²) in [6.07, 6.45) is 1.84. The molecule has 0 aliphatic carbocycles. The molecule has 1 aliphatic heterocycles. The number of amides is 2. The quantitative estimate of drug-likeness (QED) is 0.930. The molecule has 0 radical (unpaired) electrons. The van der Waals surface area contributed by atoms with E-state index in [1.54, 1.807) is 12.1 Å². The van der Waals surface area contributed by atoms with Crippen LogP contribution in [0.5, 0.6) is 0 Å². The molecule has 0 aromatic carbocycles. The number of carbonyl (C=O) groups is 2. The summed E-state index contributed by atoms with van der Waals surface area (Å²) < 4.78 is 0. The molecular weight excluding hydrogens is 278 g/mol. The maximum absolute atomic E-state index is 12.4. The summed E-state index contributed by atoms with van der Waals surface area (Å²) >= 11 is 0. The van der Waals surface area contributed by atoms with Crippen LogP contribution in [0, 0.1) is 19.8 Å². The summed E-state index contributed by atoms with van der Waals surface area (Å²) in [6.45, 7) is 8.98. The van der Waals surface area contributed by atoms with Crippen molar-refractivity contribution in [3.8, 4) is 0 Å². The Hall–Kier alpha value is -1.91. The Morgan fingerprint density at radius 1 is 1.27 bits per heavy atom. The van der Waals surface area contributed by atoms with Crippen LogP contribution in [0.1, 0.15) is 48.4 Å². The average molecular weight is 303 g/mol. The van der Waals surface area contributed by atoms with E-state index in [-0.39, 0.29) is 23.8 Å². The molecule has 1 aromatic heterocycles. The monoisotopic (exact) mass is 303 g/mol. The zero-order chi connectivity index (χ0) is 16.3. The van der Waals surface area contributed by atoms with Gasteiger partial charge in [-0.25, -0.2) is 0 Å². The lowest BCUT2D eigenvalue weighted by Crippen LogP contribution is -2.50. The predicted molar refractivity (Wildman–Crippen MR) is 85.6 cm³/mol. The third-order valence-electron chi connectivity index (χ3n) is 3.91. The smallest absolute Gasteiger partial charge is 0.251 e. The molecule has 0 unspecified atom stereocenters. The van der Waals surface area contributed by atoms with E-state index in [9.17, 15) is 9.59 Å². The predicted octanol–water partition coefficient (Wildman–Crippen LogP) is 2.08. The molecule has 5 nitrogen and oxygen atoms in total. The third kappa shape index (κ3) is 4.06. The molecule has 1 aromatic rings.